The van der Waals surface area contributed by atoms with Gasteiger partial charge in [0.05, 0.1) is 13.0 Å². The summed E-state index contributed by atoms with van der Waals surface area (Å²) >= 11 is 0. The van der Waals surface area contributed by atoms with Crippen LogP contribution in [0.15, 0.2) is 24.3 Å². The summed E-state index contributed by atoms with van der Waals surface area (Å²) in [5.74, 6) is 0.416. The van der Waals surface area contributed by atoms with E-state index in [1.165, 1.54) is 7.11 Å². The van der Waals surface area contributed by atoms with Crippen LogP contribution in [-0.4, -0.2) is 18.2 Å². The monoisotopic (exact) mass is 192 g/mol. The normalized spacial score (nSPS) is 24.4. The predicted molar refractivity (Wildman–Crippen MR) is 51.0 cm³/mol. The molecule has 3 nitrogen and oxygen atoms in total. The van der Waals surface area contributed by atoms with Gasteiger partial charge in [-0.1, -0.05) is 12.1 Å². The maximum Gasteiger partial charge on any atom is 0.309 e. The van der Waals surface area contributed by atoms with Crippen LogP contribution in [0.1, 0.15) is 17.9 Å². The Morgan fingerprint density at radius 2 is 2.07 bits per heavy atom. The molecule has 74 valence electrons. The lowest BCUT2D eigenvalue weighted by atomic mass is 10.1. The smallest absolute Gasteiger partial charge is 0.309 e. The van der Waals surface area contributed by atoms with Crippen LogP contribution in [0.3, 0.4) is 0 Å². The molecule has 3 heteroatoms. The third kappa shape index (κ3) is 1.58. The number of hydrogen-bond donors (Lipinski definition) is 1. The van der Waals surface area contributed by atoms with E-state index in [9.17, 15) is 4.79 Å². The van der Waals surface area contributed by atoms with Gasteiger partial charge in [0.2, 0.25) is 0 Å². The number of hydrogen-bond acceptors (Lipinski definition) is 3. The molecule has 14 heavy (non-hydrogen) atoms. The summed E-state index contributed by atoms with van der Waals surface area (Å²) in [6, 6.07) is 6.98. The van der Waals surface area contributed by atoms with E-state index in [-0.39, 0.29) is 23.6 Å². The summed E-state index contributed by atoms with van der Waals surface area (Å²) in [6.07, 6.45) is 0.859. The van der Waals surface area contributed by atoms with Gasteiger partial charge in [-0.05, 0) is 30.0 Å². The quantitative estimate of drug-likeness (QED) is 0.725. The van der Waals surface area contributed by atoms with Gasteiger partial charge in [-0.3, -0.25) is 4.79 Å². The molecule has 1 aromatic rings. The van der Waals surface area contributed by atoms with Gasteiger partial charge >= 0.3 is 5.97 Å². The summed E-state index contributed by atoms with van der Waals surface area (Å²) < 4.78 is 4.66. The van der Waals surface area contributed by atoms with Crippen LogP contribution >= 0.6 is 0 Å². The van der Waals surface area contributed by atoms with E-state index >= 15 is 0 Å². The van der Waals surface area contributed by atoms with Crippen LogP contribution in [0.25, 0.3) is 0 Å². The topological polar surface area (TPSA) is 46.5 Å². The van der Waals surface area contributed by atoms with E-state index in [4.69, 9.17) is 5.11 Å². The minimum atomic E-state index is -0.136. The third-order valence-electron chi connectivity index (χ3n) is 2.62. The molecule has 1 N–H and O–H groups in total. The number of aromatic hydroxyl groups is 1. The fourth-order valence-electron chi connectivity index (χ4n) is 1.70. The average molecular weight is 192 g/mol. The Labute approximate surface area is 82.3 Å². The van der Waals surface area contributed by atoms with Gasteiger partial charge in [0, 0.05) is 0 Å². The zero-order valence-electron chi connectivity index (χ0n) is 7.93. The molecular formula is C11H12O3. The van der Waals surface area contributed by atoms with Gasteiger partial charge in [0.25, 0.3) is 0 Å². The summed E-state index contributed by atoms with van der Waals surface area (Å²) in [6.45, 7) is 0. The van der Waals surface area contributed by atoms with Crippen LogP contribution < -0.4 is 0 Å². The molecule has 0 aromatic heterocycles. The molecule has 2 atom stereocenters. The van der Waals surface area contributed by atoms with Gasteiger partial charge in [-0.2, -0.15) is 0 Å². The first-order chi connectivity index (χ1) is 6.72. The zero-order chi connectivity index (χ0) is 10.1. The molecule has 1 aliphatic rings. The maximum absolute atomic E-state index is 11.2. The standard InChI is InChI=1S/C11H12O3/c1-14-11(13)10-6-9(10)7-2-4-8(12)5-3-7/h2-5,9-10,12H,6H2,1H3/t9-,10?/m0/s1. The number of phenolic OH excluding ortho intramolecular Hbond substituents is 1. The number of rotatable bonds is 2. The molecule has 1 saturated carbocycles. The number of carbonyl (C=O) groups excluding carboxylic acids is 1. The Bertz CT molecular complexity index is 342. The van der Waals surface area contributed by atoms with Crippen LogP contribution in [0, 0.1) is 5.92 Å². The van der Waals surface area contributed by atoms with Crippen molar-refractivity contribution in [2.24, 2.45) is 5.92 Å². The van der Waals surface area contributed by atoms with E-state index in [0.717, 1.165) is 12.0 Å². The second-order valence-electron chi connectivity index (χ2n) is 3.56. The number of methoxy groups -OCH3 is 1. The zero-order valence-corrected chi connectivity index (χ0v) is 7.93. The van der Waals surface area contributed by atoms with Crippen molar-refractivity contribution >= 4 is 5.97 Å². The number of phenols is 1. The third-order valence-corrected chi connectivity index (χ3v) is 2.62. The molecule has 1 aliphatic carbocycles. The van der Waals surface area contributed by atoms with Gasteiger partial charge in [0.1, 0.15) is 5.75 Å². The van der Waals surface area contributed by atoms with Gasteiger partial charge in [-0.15, -0.1) is 0 Å². The molecule has 0 radical (unpaired) electrons. The summed E-state index contributed by atoms with van der Waals surface area (Å²) in [5, 5.41) is 9.09. The van der Waals surface area contributed by atoms with Crippen molar-refractivity contribution in [1.82, 2.24) is 0 Å². The molecule has 1 unspecified atom stereocenters. The number of ether oxygens (including phenoxy) is 1. The van der Waals surface area contributed by atoms with Crippen molar-refractivity contribution in [3.8, 4) is 5.75 Å². The van der Waals surface area contributed by atoms with Crippen LogP contribution in [0.2, 0.25) is 0 Å². The van der Waals surface area contributed by atoms with Crippen molar-refractivity contribution in [2.45, 2.75) is 12.3 Å². The van der Waals surface area contributed by atoms with E-state index in [2.05, 4.69) is 4.74 Å². The number of benzene rings is 1. The lowest BCUT2D eigenvalue weighted by Gasteiger charge is -1.99. The molecule has 1 fully saturated rings. The largest absolute Gasteiger partial charge is 0.508 e. The van der Waals surface area contributed by atoms with E-state index in [1.54, 1.807) is 12.1 Å². The molecule has 0 saturated heterocycles. The Morgan fingerprint density at radius 1 is 1.43 bits per heavy atom. The summed E-state index contributed by atoms with van der Waals surface area (Å²) in [7, 11) is 1.41. The van der Waals surface area contributed by atoms with Gasteiger partial charge in [0.15, 0.2) is 0 Å². The van der Waals surface area contributed by atoms with E-state index in [0.29, 0.717) is 0 Å². The second kappa shape index (κ2) is 3.33. The number of carbonyl (C=O) groups is 1. The average Bonchev–Trinajstić information content (AvgIpc) is 2.98. The van der Waals surface area contributed by atoms with Crippen molar-refractivity contribution in [2.75, 3.05) is 7.11 Å². The van der Waals surface area contributed by atoms with Crippen LogP contribution in [0.4, 0.5) is 0 Å². The Kier molecular flexibility index (Phi) is 2.15. The maximum atomic E-state index is 11.2. The van der Waals surface area contributed by atoms with E-state index < -0.39 is 0 Å². The highest BCUT2D eigenvalue weighted by Crippen LogP contribution is 2.48. The lowest BCUT2D eigenvalue weighted by molar-refractivity contribution is -0.142. The molecule has 0 spiro atoms. The highest BCUT2D eigenvalue weighted by atomic mass is 16.5. The predicted octanol–water partition coefficient (Wildman–Crippen LogP) is 1.67. The lowest BCUT2D eigenvalue weighted by Crippen LogP contribution is -2.03. The highest BCUT2D eigenvalue weighted by molar-refractivity contribution is 5.77. The second-order valence-corrected chi connectivity index (χ2v) is 3.56. The molecule has 0 heterocycles. The Balaban J connectivity index is 2.06. The van der Waals surface area contributed by atoms with Gasteiger partial charge < -0.3 is 9.84 Å². The molecule has 2 rings (SSSR count). The highest BCUT2D eigenvalue weighted by Gasteiger charge is 2.44. The fourth-order valence-corrected chi connectivity index (χ4v) is 1.70. The fraction of sp³-hybridized carbons (Fsp3) is 0.364. The Morgan fingerprint density at radius 3 is 2.64 bits per heavy atom. The molecule has 0 amide bonds. The molecule has 0 bridgehead atoms. The Hall–Kier alpha value is -1.51. The summed E-state index contributed by atoms with van der Waals surface area (Å²) in [5.41, 5.74) is 1.10. The summed E-state index contributed by atoms with van der Waals surface area (Å²) in [4.78, 5) is 11.2. The van der Waals surface area contributed by atoms with E-state index in [1.807, 2.05) is 12.1 Å². The minimum Gasteiger partial charge on any atom is -0.508 e. The van der Waals surface area contributed by atoms with Crippen LogP contribution in [0.5, 0.6) is 5.75 Å². The molecular weight excluding hydrogens is 180 g/mol. The first kappa shape index (κ1) is 9.06. The minimum absolute atomic E-state index is 0.0181. The van der Waals surface area contributed by atoms with Crippen molar-refractivity contribution < 1.29 is 14.6 Å². The van der Waals surface area contributed by atoms with Crippen molar-refractivity contribution in [3.05, 3.63) is 29.8 Å². The first-order valence-corrected chi connectivity index (χ1v) is 4.59. The molecule has 0 aliphatic heterocycles. The SMILES string of the molecule is COC(=O)C1C[C@H]1c1ccc(O)cc1. The van der Waals surface area contributed by atoms with Crippen molar-refractivity contribution in [1.29, 1.82) is 0 Å². The van der Waals surface area contributed by atoms with Gasteiger partial charge in [-0.25, -0.2) is 0 Å². The van der Waals surface area contributed by atoms with Crippen LogP contribution in [-0.2, 0) is 9.53 Å². The first-order valence-electron chi connectivity index (χ1n) is 4.59. The van der Waals surface area contributed by atoms with Crippen molar-refractivity contribution in [3.63, 3.8) is 0 Å². The molecule has 1 aromatic carbocycles. The number of esters is 1.